The van der Waals surface area contributed by atoms with Gasteiger partial charge in [-0.05, 0) is 24.6 Å². The molecule has 0 spiro atoms. The number of halogens is 2. The molecule has 0 aliphatic rings. The lowest BCUT2D eigenvalue weighted by Crippen LogP contribution is -2.20. The number of rotatable bonds is 10. The van der Waals surface area contributed by atoms with E-state index in [1.807, 2.05) is 4.72 Å². The van der Waals surface area contributed by atoms with E-state index in [0.717, 1.165) is 12.1 Å². The number of hydrogen-bond acceptors (Lipinski definition) is 7. The van der Waals surface area contributed by atoms with Crippen LogP contribution in [0.3, 0.4) is 0 Å². The van der Waals surface area contributed by atoms with Crippen molar-refractivity contribution < 1.29 is 31.5 Å². The summed E-state index contributed by atoms with van der Waals surface area (Å²) in [5.41, 5.74) is -0.968. The first-order valence-electron chi connectivity index (χ1n) is 9.51. The molecule has 2 heterocycles. The molecule has 0 fully saturated rings. The summed E-state index contributed by atoms with van der Waals surface area (Å²) in [6.45, 7) is 2.19. The fraction of sp³-hybridized carbons (Fsp3) is 0.316. The van der Waals surface area contributed by atoms with Crippen LogP contribution in [0, 0.1) is 11.6 Å². The van der Waals surface area contributed by atoms with E-state index >= 15 is 0 Å². The van der Waals surface area contributed by atoms with Crippen molar-refractivity contribution in [3.63, 3.8) is 0 Å². The normalized spacial score (nSPS) is 11.5. The van der Waals surface area contributed by atoms with Crippen LogP contribution < -0.4 is 14.8 Å². The van der Waals surface area contributed by atoms with Gasteiger partial charge in [0.1, 0.15) is 18.0 Å². The van der Waals surface area contributed by atoms with Crippen LogP contribution in [0.2, 0.25) is 0 Å². The predicted octanol–water partition coefficient (Wildman–Crippen LogP) is 2.67. The smallest absolute Gasteiger partial charge is 0.261 e. The molecule has 172 valence electrons. The van der Waals surface area contributed by atoms with E-state index in [1.165, 1.54) is 19.4 Å². The molecule has 3 N–H and O–H groups in total. The van der Waals surface area contributed by atoms with Crippen molar-refractivity contribution >= 4 is 38.3 Å². The molecule has 1 amide bonds. The van der Waals surface area contributed by atoms with Gasteiger partial charge in [-0.25, -0.2) is 22.2 Å². The summed E-state index contributed by atoms with van der Waals surface area (Å²) in [6.07, 6.45) is 1.56. The molecule has 3 rings (SSSR count). The number of carbonyl (C=O) groups excluding carboxylic acids is 1. The summed E-state index contributed by atoms with van der Waals surface area (Å²) in [4.78, 5) is 16.7. The number of H-pyrrole nitrogens is 1. The molecular weight excluding hydrogens is 448 g/mol. The molecule has 0 bridgehead atoms. The summed E-state index contributed by atoms with van der Waals surface area (Å²) in [7, 11) is -2.32. The summed E-state index contributed by atoms with van der Waals surface area (Å²) >= 11 is 0. The second kappa shape index (κ2) is 9.87. The Bertz CT molecular complexity index is 1230. The maximum absolute atomic E-state index is 14.8. The topological polar surface area (TPSA) is 135 Å². The molecule has 0 saturated heterocycles. The number of anilines is 2. The second-order valence-corrected chi connectivity index (χ2v) is 8.49. The summed E-state index contributed by atoms with van der Waals surface area (Å²) in [5.74, 6) is -3.65. The first-order valence-corrected chi connectivity index (χ1v) is 11.2. The summed E-state index contributed by atoms with van der Waals surface area (Å²) < 4.78 is 65.3. The SMILES string of the molecule is CCCS(=O)(=O)Nc1ccc(F)c(C(=O)Nc2cnc3[nH]nc(OCCOC)c3c2)c1F. The van der Waals surface area contributed by atoms with Gasteiger partial charge in [0.15, 0.2) is 11.5 Å². The van der Waals surface area contributed by atoms with Crippen LogP contribution >= 0.6 is 0 Å². The summed E-state index contributed by atoms with van der Waals surface area (Å²) in [6, 6.07) is 3.19. The van der Waals surface area contributed by atoms with Gasteiger partial charge in [-0.3, -0.25) is 14.6 Å². The van der Waals surface area contributed by atoms with E-state index in [9.17, 15) is 22.0 Å². The first kappa shape index (κ1) is 23.3. The van der Waals surface area contributed by atoms with E-state index in [4.69, 9.17) is 9.47 Å². The van der Waals surface area contributed by atoms with Crippen LogP contribution in [0.15, 0.2) is 24.4 Å². The average molecular weight is 469 g/mol. The lowest BCUT2D eigenvalue weighted by atomic mass is 10.1. The molecule has 32 heavy (non-hydrogen) atoms. The minimum Gasteiger partial charge on any atom is -0.474 e. The number of aromatic amines is 1. The molecular formula is C19H21F2N5O5S. The number of fused-ring (bicyclic) bond motifs is 1. The van der Waals surface area contributed by atoms with Crippen molar-refractivity contribution in [3.05, 3.63) is 41.6 Å². The van der Waals surface area contributed by atoms with Gasteiger partial charge in [0, 0.05) is 7.11 Å². The monoisotopic (exact) mass is 469 g/mol. The van der Waals surface area contributed by atoms with Gasteiger partial charge in [-0.1, -0.05) is 6.92 Å². The number of methoxy groups -OCH3 is 1. The van der Waals surface area contributed by atoms with Gasteiger partial charge >= 0.3 is 0 Å². The quantitative estimate of drug-likeness (QED) is 0.389. The van der Waals surface area contributed by atoms with Crippen molar-refractivity contribution in [1.82, 2.24) is 15.2 Å². The third-order valence-corrected chi connectivity index (χ3v) is 5.70. The zero-order chi connectivity index (χ0) is 23.3. The van der Waals surface area contributed by atoms with Crippen LogP contribution in [-0.2, 0) is 14.8 Å². The number of nitrogens with one attached hydrogen (secondary N) is 3. The minimum atomic E-state index is -3.84. The number of aromatic nitrogens is 3. The average Bonchev–Trinajstić information content (AvgIpc) is 3.13. The highest BCUT2D eigenvalue weighted by Gasteiger charge is 2.23. The van der Waals surface area contributed by atoms with Crippen LogP contribution in [-0.4, -0.2) is 55.6 Å². The first-order chi connectivity index (χ1) is 15.3. The predicted molar refractivity (Wildman–Crippen MR) is 113 cm³/mol. The molecule has 2 aromatic heterocycles. The van der Waals surface area contributed by atoms with Gasteiger partial charge in [0.25, 0.3) is 5.91 Å². The molecule has 0 aliphatic carbocycles. The Hall–Kier alpha value is -3.32. The fourth-order valence-corrected chi connectivity index (χ4v) is 3.93. The van der Waals surface area contributed by atoms with Crippen molar-refractivity contribution in [1.29, 1.82) is 0 Å². The molecule has 13 heteroatoms. The number of carbonyl (C=O) groups is 1. The van der Waals surface area contributed by atoms with Crippen LogP contribution in [0.5, 0.6) is 5.88 Å². The van der Waals surface area contributed by atoms with Gasteiger partial charge in [-0.2, -0.15) is 0 Å². The molecule has 0 saturated carbocycles. The Labute approximate surface area is 182 Å². The van der Waals surface area contributed by atoms with Gasteiger partial charge in [-0.15, -0.1) is 5.10 Å². The standard InChI is InChI=1S/C19H21F2N5O5S/c1-3-8-32(28,29)26-14-5-4-13(20)15(16(14)21)18(27)23-11-9-12-17(22-10-11)24-25-19(12)31-7-6-30-2/h4-5,9-10,26H,3,6-8H2,1-2H3,(H,23,27)(H,22,24,25). The number of pyridine rings is 1. The number of amides is 1. The Kier molecular flexibility index (Phi) is 7.20. The fourth-order valence-electron chi connectivity index (χ4n) is 2.80. The Morgan fingerprint density at radius 2 is 2.03 bits per heavy atom. The van der Waals surface area contributed by atoms with Gasteiger partial charge in [0.05, 0.1) is 35.3 Å². The van der Waals surface area contributed by atoms with Crippen molar-refractivity contribution in [2.75, 3.05) is 36.1 Å². The zero-order valence-electron chi connectivity index (χ0n) is 17.2. The van der Waals surface area contributed by atoms with Crippen LogP contribution in [0.4, 0.5) is 20.2 Å². The largest absolute Gasteiger partial charge is 0.474 e. The van der Waals surface area contributed by atoms with E-state index in [2.05, 4.69) is 20.5 Å². The highest BCUT2D eigenvalue weighted by molar-refractivity contribution is 7.92. The zero-order valence-corrected chi connectivity index (χ0v) is 18.1. The van der Waals surface area contributed by atoms with Crippen LogP contribution in [0.1, 0.15) is 23.7 Å². The maximum Gasteiger partial charge on any atom is 0.261 e. The number of sulfonamides is 1. The molecule has 1 aromatic carbocycles. The molecule has 0 atom stereocenters. The van der Waals surface area contributed by atoms with Crippen molar-refractivity contribution in [2.24, 2.45) is 0 Å². The lowest BCUT2D eigenvalue weighted by Gasteiger charge is -2.12. The number of nitrogens with zero attached hydrogens (tertiary/aromatic N) is 2. The summed E-state index contributed by atoms with van der Waals surface area (Å²) in [5, 5.41) is 9.41. The van der Waals surface area contributed by atoms with Crippen molar-refractivity contribution in [3.8, 4) is 5.88 Å². The van der Waals surface area contributed by atoms with Crippen molar-refractivity contribution in [2.45, 2.75) is 13.3 Å². The third kappa shape index (κ3) is 5.29. The van der Waals surface area contributed by atoms with Crippen LogP contribution in [0.25, 0.3) is 11.0 Å². The Balaban J connectivity index is 1.86. The minimum absolute atomic E-state index is 0.122. The Morgan fingerprint density at radius 3 is 2.75 bits per heavy atom. The van der Waals surface area contributed by atoms with E-state index in [1.54, 1.807) is 6.92 Å². The molecule has 3 aromatic rings. The Morgan fingerprint density at radius 1 is 1.25 bits per heavy atom. The lowest BCUT2D eigenvalue weighted by molar-refractivity contribution is 0.101. The molecule has 0 aliphatic heterocycles. The molecule has 0 radical (unpaired) electrons. The number of ether oxygens (including phenoxy) is 2. The highest BCUT2D eigenvalue weighted by atomic mass is 32.2. The van der Waals surface area contributed by atoms with E-state index in [-0.39, 0.29) is 23.9 Å². The highest BCUT2D eigenvalue weighted by Crippen LogP contribution is 2.26. The molecule has 10 nitrogen and oxygen atoms in total. The maximum atomic E-state index is 14.8. The third-order valence-electron chi connectivity index (χ3n) is 4.22. The number of benzene rings is 1. The molecule has 0 unspecified atom stereocenters. The van der Waals surface area contributed by atoms with E-state index < -0.39 is 38.8 Å². The van der Waals surface area contributed by atoms with E-state index in [0.29, 0.717) is 24.1 Å². The van der Waals surface area contributed by atoms with Gasteiger partial charge in [0.2, 0.25) is 15.9 Å². The second-order valence-electron chi connectivity index (χ2n) is 6.65. The van der Waals surface area contributed by atoms with Gasteiger partial charge < -0.3 is 14.8 Å². The number of hydrogen-bond donors (Lipinski definition) is 3.